The Morgan fingerprint density at radius 3 is 2.73 bits per heavy atom. The molecule has 3 rings (SSSR count). The van der Waals surface area contributed by atoms with Crippen molar-refractivity contribution >= 4 is 44.7 Å². The summed E-state index contributed by atoms with van der Waals surface area (Å²) in [4.78, 5) is 14.2. The summed E-state index contributed by atoms with van der Waals surface area (Å²) >= 11 is 3.11. The Bertz CT molecular complexity index is 892. The molecule has 0 spiro atoms. The number of sulfonamides is 1. The zero-order valence-corrected chi connectivity index (χ0v) is 17.4. The molecule has 8 heteroatoms. The van der Waals surface area contributed by atoms with Gasteiger partial charge in [-0.3, -0.25) is 4.79 Å². The number of rotatable bonds is 5. The number of nitrogens with zero attached hydrogens (tertiary/aromatic N) is 1. The summed E-state index contributed by atoms with van der Waals surface area (Å²) < 4.78 is 28.0. The minimum atomic E-state index is -3.67. The molecule has 1 aliphatic rings. The molecule has 2 heterocycles. The van der Waals surface area contributed by atoms with Crippen LogP contribution in [0.15, 0.2) is 45.5 Å². The Kier molecular flexibility index (Phi) is 5.76. The Labute approximate surface area is 162 Å². The highest BCUT2D eigenvalue weighted by atomic mass is 32.2. The molecule has 2 aromatic rings. The van der Waals surface area contributed by atoms with E-state index in [2.05, 4.69) is 5.32 Å². The topological polar surface area (TPSA) is 66.5 Å². The van der Waals surface area contributed by atoms with Crippen molar-refractivity contribution in [2.45, 2.75) is 43.1 Å². The first-order chi connectivity index (χ1) is 12.3. The van der Waals surface area contributed by atoms with Crippen LogP contribution in [0.5, 0.6) is 0 Å². The maximum absolute atomic E-state index is 13.2. The molecule has 1 aliphatic heterocycles. The van der Waals surface area contributed by atoms with Gasteiger partial charge < -0.3 is 5.32 Å². The van der Waals surface area contributed by atoms with Crippen LogP contribution in [0.25, 0.3) is 0 Å². The van der Waals surface area contributed by atoms with E-state index < -0.39 is 10.0 Å². The summed E-state index contributed by atoms with van der Waals surface area (Å²) in [6, 6.07) is 8.68. The van der Waals surface area contributed by atoms with Gasteiger partial charge in [0, 0.05) is 34.0 Å². The molecular formula is C18H22N2O3S3. The molecule has 140 valence electrons. The third-order valence-electron chi connectivity index (χ3n) is 4.22. The minimum absolute atomic E-state index is 0.0786. The summed E-state index contributed by atoms with van der Waals surface area (Å²) in [6.45, 7) is 5.95. The molecule has 0 unspecified atom stereocenters. The molecule has 0 radical (unpaired) electrons. The van der Waals surface area contributed by atoms with Gasteiger partial charge in [0.15, 0.2) is 0 Å². The maximum atomic E-state index is 13.2. The molecular weight excluding hydrogens is 388 g/mol. The molecule has 1 N–H and O–H groups in total. The molecule has 26 heavy (non-hydrogen) atoms. The predicted octanol–water partition coefficient (Wildman–Crippen LogP) is 4.03. The zero-order valence-electron chi connectivity index (χ0n) is 14.9. The number of nitrogens with one attached hydrogen (secondary N) is 1. The van der Waals surface area contributed by atoms with Crippen LogP contribution >= 0.6 is 23.1 Å². The van der Waals surface area contributed by atoms with Gasteiger partial charge in [0.2, 0.25) is 15.9 Å². The van der Waals surface area contributed by atoms with Crippen molar-refractivity contribution < 1.29 is 13.2 Å². The van der Waals surface area contributed by atoms with Gasteiger partial charge in [-0.15, -0.1) is 23.1 Å². The van der Waals surface area contributed by atoms with Crippen molar-refractivity contribution in [3.63, 3.8) is 0 Å². The van der Waals surface area contributed by atoms with Gasteiger partial charge in [-0.2, -0.15) is 4.31 Å². The Morgan fingerprint density at radius 1 is 1.31 bits per heavy atom. The standard InChI is InChI=1S/C18H22N2O3S3/c1-12(2)20(10-14-5-4-8-24-14)26(22,23)15-6-7-17-16(9-15)19-18(21)13(3)11-25-17/h4-9,12-13H,10-11H2,1-3H3,(H,19,21)/t13-/m1/s1. The number of carbonyl (C=O) groups is 1. The van der Waals surface area contributed by atoms with Crippen molar-refractivity contribution in [3.05, 3.63) is 40.6 Å². The highest BCUT2D eigenvalue weighted by Crippen LogP contribution is 2.35. The maximum Gasteiger partial charge on any atom is 0.243 e. The summed E-state index contributed by atoms with van der Waals surface area (Å²) in [5, 5.41) is 4.80. The van der Waals surface area contributed by atoms with Crippen molar-refractivity contribution in [1.29, 1.82) is 0 Å². The van der Waals surface area contributed by atoms with Crippen LogP contribution in [0.4, 0.5) is 5.69 Å². The second-order valence-corrected chi connectivity index (χ2v) is 10.6. The smallest absolute Gasteiger partial charge is 0.243 e. The van der Waals surface area contributed by atoms with E-state index in [1.54, 1.807) is 30.0 Å². The first-order valence-electron chi connectivity index (χ1n) is 8.41. The molecule has 1 atom stereocenters. The molecule has 0 fully saturated rings. The van der Waals surface area contributed by atoms with Gasteiger partial charge in [-0.25, -0.2) is 8.42 Å². The van der Waals surface area contributed by atoms with Crippen LogP contribution in [-0.2, 0) is 21.4 Å². The quantitative estimate of drug-likeness (QED) is 0.808. The number of carbonyl (C=O) groups excluding carboxylic acids is 1. The van der Waals surface area contributed by atoms with E-state index in [-0.39, 0.29) is 22.8 Å². The molecule has 1 amide bonds. The number of hydrogen-bond acceptors (Lipinski definition) is 5. The van der Waals surface area contributed by atoms with Crippen molar-refractivity contribution in [2.24, 2.45) is 5.92 Å². The van der Waals surface area contributed by atoms with Gasteiger partial charge >= 0.3 is 0 Å². The fourth-order valence-corrected chi connectivity index (χ4v) is 6.11. The van der Waals surface area contributed by atoms with Gasteiger partial charge in [-0.05, 0) is 43.5 Å². The lowest BCUT2D eigenvalue weighted by atomic mass is 10.2. The summed E-state index contributed by atoms with van der Waals surface area (Å²) in [6.07, 6.45) is 0. The lowest BCUT2D eigenvalue weighted by molar-refractivity contribution is -0.118. The van der Waals surface area contributed by atoms with E-state index in [1.165, 1.54) is 15.6 Å². The van der Waals surface area contributed by atoms with E-state index in [4.69, 9.17) is 0 Å². The Balaban J connectivity index is 1.96. The zero-order chi connectivity index (χ0) is 18.9. The Morgan fingerprint density at radius 2 is 2.08 bits per heavy atom. The van der Waals surface area contributed by atoms with Gasteiger partial charge in [0.1, 0.15) is 0 Å². The lowest BCUT2D eigenvalue weighted by Gasteiger charge is -2.26. The molecule has 0 saturated heterocycles. The largest absolute Gasteiger partial charge is 0.325 e. The molecule has 5 nitrogen and oxygen atoms in total. The van der Waals surface area contributed by atoms with Crippen LogP contribution in [-0.4, -0.2) is 30.4 Å². The Hall–Kier alpha value is -1.35. The molecule has 0 saturated carbocycles. The number of amides is 1. The van der Waals surface area contributed by atoms with Crippen LogP contribution in [0.3, 0.4) is 0 Å². The second kappa shape index (κ2) is 7.72. The highest BCUT2D eigenvalue weighted by Gasteiger charge is 2.29. The van der Waals surface area contributed by atoms with E-state index in [0.717, 1.165) is 9.77 Å². The van der Waals surface area contributed by atoms with Crippen molar-refractivity contribution in [3.8, 4) is 0 Å². The number of hydrogen-bond donors (Lipinski definition) is 1. The molecule has 1 aromatic heterocycles. The summed E-state index contributed by atoms with van der Waals surface area (Å²) in [5.41, 5.74) is 0.574. The normalized spacial score (nSPS) is 17.9. The number of thioether (sulfide) groups is 1. The van der Waals surface area contributed by atoms with Crippen molar-refractivity contribution in [2.75, 3.05) is 11.1 Å². The highest BCUT2D eigenvalue weighted by molar-refractivity contribution is 7.99. The number of benzene rings is 1. The fraction of sp³-hybridized carbons (Fsp3) is 0.389. The molecule has 0 aliphatic carbocycles. The van der Waals surface area contributed by atoms with E-state index in [9.17, 15) is 13.2 Å². The third-order valence-corrected chi connectivity index (χ3v) is 8.43. The number of fused-ring (bicyclic) bond motifs is 1. The fourth-order valence-electron chi connectivity index (χ4n) is 2.68. The van der Waals surface area contributed by atoms with E-state index in [0.29, 0.717) is 18.0 Å². The monoisotopic (exact) mass is 410 g/mol. The first-order valence-corrected chi connectivity index (χ1v) is 11.7. The summed E-state index contributed by atoms with van der Waals surface area (Å²) in [5.74, 6) is 0.491. The van der Waals surface area contributed by atoms with Crippen LogP contribution in [0.2, 0.25) is 0 Å². The molecule has 1 aromatic carbocycles. The minimum Gasteiger partial charge on any atom is -0.325 e. The van der Waals surface area contributed by atoms with Crippen LogP contribution in [0.1, 0.15) is 25.6 Å². The number of thiophene rings is 1. The van der Waals surface area contributed by atoms with Crippen LogP contribution < -0.4 is 5.32 Å². The van der Waals surface area contributed by atoms with Gasteiger partial charge in [0.25, 0.3) is 0 Å². The molecule has 0 bridgehead atoms. The second-order valence-electron chi connectivity index (χ2n) is 6.58. The van der Waals surface area contributed by atoms with Crippen molar-refractivity contribution in [1.82, 2.24) is 4.31 Å². The predicted molar refractivity (Wildman–Crippen MR) is 107 cm³/mol. The van der Waals surface area contributed by atoms with Gasteiger partial charge in [0.05, 0.1) is 10.6 Å². The average molecular weight is 411 g/mol. The SMILES string of the molecule is CC(C)N(Cc1cccs1)S(=O)(=O)c1ccc2c(c1)NC(=O)[C@H](C)CS2. The third kappa shape index (κ3) is 3.98. The number of anilines is 1. The average Bonchev–Trinajstić information content (AvgIpc) is 3.06. The van der Waals surface area contributed by atoms with Gasteiger partial charge in [-0.1, -0.05) is 13.0 Å². The first kappa shape index (κ1) is 19.4. The lowest BCUT2D eigenvalue weighted by Crippen LogP contribution is -2.36. The van der Waals surface area contributed by atoms with Crippen LogP contribution in [0, 0.1) is 5.92 Å². The van der Waals surface area contributed by atoms with E-state index >= 15 is 0 Å². The van der Waals surface area contributed by atoms with E-state index in [1.807, 2.05) is 38.3 Å². The summed E-state index contributed by atoms with van der Waals surface area (Å²) in [7, 11) is -3.67.